The molecule has 0 aromatic carbocycles. The largest absolute Gasteiger partial charge is 0.229 e. The van der Waals surface area contributed by atoms with Crippen LogP contribution in [0, 0.1) is 0 Å². The Hall–Kier alpha value is 0.530. The third kappa shape index (κ3) is 11.6. The summed E-state index contributed by atoms with van der Waals surface area (Å²) < 4.78 is 23.3. The second-order valence-electron chi connectivity index (χ2n) is 4.84. The third-order valence-corrected chi connectivity index (χ3v) is 5.75. The van der Waals surface area contributed by atoms with E-state index in [2.05, 4.69) is 6.92 Å². The molecule has 0 N–H and O–H groups in total. The van der Waals surface area contributed by atoms with Gasteiger partial charge in [-0.25, -0.2) is 8.42 Å². The molecule has 0 aliphatic heterocycles. The van der Waals surface area contributed by atoms with Gasteiger partial charge in [0, 0.05) is 5.88 Å². The zero-order valence-electron chi connectivity index (χ0n) is 11.3. The van der Waals surface area contributed by atoms with Crippen molar-refractivity contribution in [2.24, 2.45) is 0 Å². The molecule has 0 aromatic rings. The summed E-state index contributed by atoms with van der Waals surface area (Å²) in [5.41, 5.74) is 0. The Bertz CT molecular complexity index is 279. The molecule has 1 unspecified atom stereocenters. The summed E-state index contributed by atoms with van der Waals surface area (Å²) in [7, 11) is -3.01. The fraction of sp³-hybridized carbons (Fsp3) is 1.00. The predicted molar refractivity (Wildman–Crippen MR) is 81.6 cm³/mol. The molecular weight excluding hydrogens is 291 g/mol. The molecule has 0 aliphatic rings. The molecular formula is C13H26Cl2O2S. The van der Waals surface area contributed by atoms with E-state index in [1.54, 1.807) is 0 Å². The highest BCUT2D eigenvalue weighted by Crippen LogP contribution is 2.11. The van der Waals surface area contributed by atoms with E-state index in [0.717, 1.165) is 19.3 Å². The maximum atomic E-state index is 11.6. The minimum atomic E-state index is -3.01. The van der Waals surface area contributed by atoms with Gasteiger partial charge < -0.3 is 0 Å². The van der Waals surface area contributed by atoms with Gasteiger partial charge in [0.1, 0.15) is 0 Å². The van der Waals surface area contributed by atoms with Gasteiger partial charge in [0.25, 0.3) is 0 Å². The first-order valence-electron chi connectivity index (χ1n) is 6.92. The van der Waals surface area contributed by atoms with E-state index in [4.69, 9.17) is 23.2 Å². The van der Waals surface area contributed by atoms with Gasteiger partial charge in [-0.05, 0) is 6.42 Å². The van der Waals surface area contributed by atoms with Gasteiger partial charge in [-0.15, -0.1) is 23.2 Å². The van der Waals surface area contributed by atoms with E-state index in [1.165, 1.54) is 32.1 Å². The summed E-state index contributed by atoms with van der Waals surface area (Å²) in [6, 6.07) is 0. The van der Waals surface area contributed by atoms with Crippen LogP contribution < -0.4 is 0 Å². The normalized spacial score (nSPS) is 13.7. The van der Waals surface area contributed by atoms with Crippen molar-refractivity contribution in [1.82, 2.24) is 0 Å². The van der Waals surface area contributed by atoms with Crippen LogP contribution in [0.25, 0.3) is 0 Å². The Morgan fingerprint density at radius 3 is 1.94 bits per heavy atom. The SMILES string of the molecule is CCCCCCCCCCS(=O)(=O)CC(Cl)CCl. The number of unbranched alkanes of at least 4 members (excludes halogenated alkanes) is 7. The molecule has 0 fully saturated rings. The zero-order chi connectivity index (χ0) is 13.9. The lowest BCUT2D eigenvalue weighted by atomic mass is 10.1. The molecule has 110 valence electrons. The molecule has 5 heteroatoms. The van der Waals surface area contributed by atoms with E-state index in [-0.39, 0.29) is 17.4 Å². The molecule has 1 atom stereocenters. The number of alkyl halides is 2. The van der Waals surface area contributed by atoms with E-state index in [1.807, 2.05) is 0 Å². The van der Waals surface area contributed by atoms with Crippen LogP contribution in [-0.2, 0) is 9.84 Å². The van der Waals surface area contributed by atoms with Crippen molar-refractivity contribution in [3.8, 4) is 0 Å². The quantitative estimate of drug-likeness (QED) is 0.395. The second kappa shape index (κ2) is 11.4. The molecule has 0 rings (SSSR count). The Kier molecular flexibility index (Phi) is 11.7. The maximum Gasteiger partial charge on any atom is 0.151 e. The van der Waals surface area contributed by atoms with E-state index in [9.17, 15) is 8.42 Å². The van der Waals surface area contributed by atoms with Crippen LogP contribution in [0.1, 0.15) is 58.3 Å². The molecule has 0 spiro atoms. The lowest BCUT2D eigenvalue weighted by molar-refractivity contribution is 0.572. The molecule has 2 nitrogen and oxygen atoms in total. The molecule has 0 radical (unpaired) electrons. The molecule has 0 aromatic heterocycles. The summed E-state index contributed by atoms with van der Waals surface area (Å²) in [5, 5.41) is -0.453. The van der Waals surface area contributed by atoms with Gasteiger partial charge in [-0.2, -0.15) is 0 Å². The summed E-state index contributed by atoms with van der Waals surface area (Å²) in [5.74, 6) is 0.453. The van der Waals surface area contributed by atoms with Crippen molar-refractivity contribution in [2.75, 3.05) is 17.4 Å². The van der Waals surface area contributed by atoms with Gasteiger partial charge in [0.15, 0.2) is 9.84 Å². The van der Waals surface area contributed by atoms with Crippen LogP contribution in [-0.4, -0.2) is 31.2 Å². The number of hydrogen-bond acceptors (Lipinski definition) is 2. The number of halogens is 2. The Labute approximate surface area is 122 Å². The molecule has 0 heterocycles. The monoisotopic (exact) mass is 316 g/mol. The van der Waals surface area contributed by atoms with Crippen LogP contribution >= 0.6 is 23.2 Å². The second-order valence-corrected chi connectivity index (χ2v) is 8.00. The topological polar surface area (TPSA) is 34.1 Å². The molecule has 0 bridgehead atoms. The van der Waals surface area contributed by atoms with Gasteiger partial charge in [-0.1, -0.05) is 51.9 Å². The van der Waals surface area contributed by atoms with Crippen LogP contribution in [0.2, 0.25) is 0 Å². The summed E-state index contributed by atoms with van der Waals surface area (Å²) in [6.45, 7) is 2.20. The van der Waals surface area contributed by atoms with Crippen molar-refractivity contribution < 1.29 is 8.42 Å². The van der Waals surface area contributed by atoms with Gasteiger partial charge >= 0.3 is 0 Å². The minimum Gasteiger partial charge on any atom is -0.229 e. The average molecular weight is 317 g/mol. The fourth-order valence-electron chi connectivity index (χ4n) is 1.86. The van der Waals surface area contributed by atoms with Gasteiger partial charge in [-0.3, -0.25) is 0 Å². The summed E-state index contributed by atoms with van der Waals surface area (Å²) in [4.78, 5) is 0. The van der Waals surface area contributed by atoms with Crippen LogP contribution in [0.4, 0.5) is 0 Å². The Morgan fingerprint density at radius 2 is 1.44 bits per heavy atom. The number of rotatable bonds is 12. The number of hydrogen-bond donors (Lipinski definition) is 0. The van der Waals surface area contributed by atoms with Crippen molar-refractivity contribution in [3.05, 3.63) is 0 Å². The standard InChI is InChI=1S/C13H26Cl2O2S/c1-2-3-4-5-6-7-8-9-10-18(16,17)12-13(15)11-14/h13H,2-12H2,1H3. The highest BCUT2D eigenvalue weighted by atomic mass is 35.5. The van der Waals surface area contributed by atoms with E-state index >= 15 is 0 Å². The molecule has 0 saturated heterocycles. The Balaban J connectivity index is 3.47. The first-order valence-corrected chi connectivity index (χ1v) is 9.71. The lowest BCUT2D eigenvalue weighted by Gasteiger charge is -2.07. The molecule has 0 aliphatic carbocycles. The van der Waals surface area contributed by atoms with Crippen molar-refractivity contribution in [3.63, 3.8) is 0 Å². The minimum absolute atomic E-state index is 0.00849. The fourth-order valence-corrected chi connectivity index (χ4v) is 4.15. The highest BCUT2D eigenvalue weighted by molar-refractivity contribution is 7.91. The predicted octanol–water partition coefficient (Wildman–Crippen LogP) is 4.39. The van der Waals surface area contributed by atoms with Crippen LogP contribution in [0.15, 0.2) is 0 Å². The first-order chi connectivity index (χ1) is 8.52. The summed E-state index contributed by atoms with van der Waals surface area (Å²) >= 11 is 11.3. The van der Waals surface area contributed by atoms with E-state index in [0.29, 0.717) is 0 Å². The maximum absolute atomic E-state index is 11.6. The summed E-state index contributed by atoms with van der Waals surface area (Å²) in [6.07, 6.45) is 9.26. The Morgan fingerprint density at radius 1 is 0.944 bits per heavy atom. The number of sulfone groups is 1. The molecule has 0 amide bonds. The average Bonchev–Trinajstić information content (AvgIpc) is 2.31. The van der Waals surface area contributed by atoms with Gasteiger partial charge in [0.05, 0.1) is 16.9 Å². The van der Waals surface area contributed by atoms with Crippen LogP contribution in [0.3, 0.4) is 0 Å². The van der Waals surface area contributed by atoms with Crippen molar-refractivity contribution >= 4 is 33.0 Å². The van der Waals surface area contributed by atoms with Gasteiger partial charge in [0.2, 0.25) is 0 Å². The lowest BCUT2D eigenvalue weighted by Crippen LogP contribution is -2.20. The van der Waals surface area contributed by atoms with Crippen molar-refractivity contribution in [1.29, 1.82) is 0 Å². The molecule has 18 heavy (non-hydrogen) atoms. The molecule has 0 saturated carbocycles. The third-order valence-electron chi connectivity index (χ3n) is 2.91. The smallest absolute Gasteiger partial charge is 0.151 e. The van der Waals surface area contributed by atoms with Crippen molar-refractivity contribution in [2.45, 2.75) is 63.7 Å². The first kappa shape index (κ1) is 18.5. The zero-order valence-corrected chi connectivity index (χ0v) is 13.7. The van der Waals surface area contributed by atoms with Crippen LogP contribution in [0.5, 0.6) is 0 Å². The highest BCUT2D eigenvalue weighted by Gasteiger charge is 2.16. The van der Waals surface area contributed by atoms with E-state index < -0.39 is 15.2 Å².